The van der Waals surface area contributed by atoms with Crippen LogP contribution in [0.2, 0.25) is 0 Å². The van der Waals surface area contributed by atoms with Crippen molar-refractivity contribution in [3.8, 4) is 0 Å². The van der Waals surface area contributed by atoms with E-state index in [2.05, 4.69) is 26.3 Å². The van der Waals surface area contributed by atoms with E-state index in [1.807, 2.05) is 24.3 Å². The average molecular weight is 372 g/mol. The fourth-order valence-electron chi connectivity index (χ4n) is 2.44. The van der Waals surface area contributed by atoms with Crippen LogP contribution in [0.4, 0.5) is 0 Å². The zero-order valence-electron chi connectivity index (χ0n) is 12.4. The van der Waals surface area contributed by atoms with Crippen molar-refractivity contribution in [2.75, 3.05) is 7.05 Å². The van der Waals surface area contributed by atoms with Gasteiger partial charge < -0.3 is 5.32 Å². The molecule has 0 bridgehead atoms. The van der Waals surface area contributed by atoms with Crippen LogP contribution < -0.4 is 10.9 Å². The molecular formula is C17H14BrN3O2. The number of fused-ring (bicyclic) bond motifs is 1. The Hall–Kier alpha value is -2.47. The highest BCUT2D eigenvalue weighted by atomic mass is 79.9. The highest BCUT2D eigenvalue weighted by molar-refractivity contribution is 9.10. The molecule has 0 aliphatic heterocycles. The molecule has 3 rings (SSSR count). The molecule has 2 aromatic carbocycles. The Morgan fingerprint density at radius 1 is 1.17 bits per heavy atom. The molecule has 116 valence electrons. The molecule has 0 unspecified atom stereocenters. The molecule has 1 N–H and O–H groups in total. The number of rotatable bonds is 3. The number of hydrogen-bond acceptors (Lipinski definition) is 3. The molecule has 3 aromatic rings. The molecule has 6 heteroatoms. The molecule has 0 saturated carbocycles. The molecule has 23 heavy (non-hydrogen) atoms. The first-order chi connectivity index (χ1) is 11.1. The third-order valence-corrected chi connectivity index (χ3v) is 4.02. The fraction of sp³-hybridized carbons (Fsp3) is 0.118. The van der Waals surface area contributed by atoms with Crippen LogP contribution in [0.25, 0.3) is 10.8 Å². The molecule has 0 saturated heterocycles. The second kappa shape index (κ2) is 6.34. The minimum absolute atomic E-state index is 0.215. The van der Waals surface area contributed by atoms with E-state index in [-0.39, 0.29) is 17.2 Å². The van der Waals surface area contributed by atoms with Gasteiger partial charge in [-0.15, -0.1) is 0 Å². The number of aromatic nitrogens is 2. The van der Waals surface area contributed by atoms with Crippen LogP contribution in [-0.2, 0) is 6.54 Å². The standard InChI is InChI=1S/C17H14BrN3O2/c1-19-16(22)15-13-7-2-3-8-14(13)17(23)21(20-15)10-11-5-4-6-12(18)9-11/h2-9H,10H2,1H3,(H,19,22). The topological polar surface area (TPSA) is 64.0 Å². The maximum atomic E-state index is 12.6. The van der Waals surface area contributed by atoms with Gasteiger partial charge in [0.25, 0.3) is 11.5 Å². The van der Waals surface area contributed by atoms with E-state index in [9.17, 15) is 9.59 Å². The summed E-state index contributed by atoms with van der Waals surface area (Å²) in [5.41, 5.74) is 0.957. The lowest BCUT2D eigenvalue weighted by molar-refractivity contribution is 0.0957. The maximum Gasteiger partial charge on any atom is 0.274 e. The fourth-order valence-corrected chi connectivity index (χ4v) is 2.88. The number of hydrogen-bond donors (Lipinski definition) is 1. The summed E-state index contributed by atoms with van der Waals surface area (Å²) in [6.07, 6.45) is 0. The first-order valence-corrected chi connectivity index (χ1v) is 7.86. The van der Waals surface area contributed by atoms with Crippen molar-refractivity contribution in [3.05, 3.63) is 74.6 Å². The molecule has 0 atom stereocenters. The van der Waals surface area contributed by atoms with Gasteiger partial charge >= 0.3 is 0 Å². The summed E-state index contributed by atoms with van der Waals surface area (Å²) in [7, 11) is 1.54. The van der Waals surface area contributed by atoms with Crippen LogP contribution in [0.1, 0.15) is 16.1 Å². The van der Waals surface area contributed by atoms with Crippen molar-refractivity contribution in [3.63, 3.8) is 0 Å². The first-order valence-electron chi connectivity index (χ1n) is 7.06. The lowest BCUT2D eigenvalue weighted by atomic mass is 10.1. The summed E-state index contributed by atoms with van der Waals surface area (Å²) >= 11 is 3.41. The van der Waals surface area contributed by atoms with Crippen molar-refractivity contribution in [2.45, 2.75) is 6.54 Å². The largest absolute Gasteiger partial charge is 0.354 e. The van der Waals surface area contributed by atoms with E-state index >= 15 is 0 Å². The maximum absolute atomic E-state index is 12.6. The number of amides is 1. The van der Waals surface area contributed by atoms with E-state index in [1.54, 1.807) is 31.3 Å². The van der Waals surface area contributed by atoms with Gasteiger partial charge in [0.2, 0.25) is 0 Å². The number of nitrogens with zero attached hydrogens (tertiary/aromatic N) is 2. The Morgan fingerprint density at radius 2 is 1.91 bits per heavy atom. The molecule has 1 heterocycles. The molecule has 1 amide bonds. The molecule has 1 aromatic heterocycles. The lowest BCUT2D eigenvalue weighted by Crippen LogP contribution is -2.29. The van der Waals surface area contributed by atoms with Gasteiger partial charge in [0.1, 0.15) is 0 Å². The minimum atomic E-state index is -0.316. The zero-order valence-corrected chi connectivity index (χ0v) is 14.0. The SMILES string of the molecule is CNC(=O)c1nn(Cc2cccc(Br)c2)c(=O)c2ccccc12. The van der Waals surface area contributed by atoms with Crippen LogP contribution >= 0.6 is 15.9 Å². The molecule has 0 spiro atoms. The van der Waals surface area contributed by atoms with E-state index in [0.29, 0.717) is 17.3 Å². The number of carbonyl (C=O) groups excluding carboxylic acids is 1. The quantitative estimate of drug-likeness (QED) is 0.769. The second-order valence-corrected chi connectivity index (χ2v) is 5.98. The molecular weight excluding hydrogens is 358 g/mol. The van der Waals surface area contributed by atoms with Gasteiger partial charge in [-0.1, -0.05) is 46.3 Å². The minimum Gasteiger partial charge on any atom is -0.354 e. The molecule has 0 fully saturated rings. The molecule has 0 aliphatic carbocycles. The summed E-state index contributed by atoms with van der Waals surface area (Å²) in [6, 6.07) is 14.6. The van der Waals surface area contributed by atoms with Crippen LogP contribution in [0.5, 0.6) is 0 Å². The van der Waals surface area contributed by atoms with Crippen molar-refractivity contribution >= 4 is 32.6 Å². The summed E-state index contributed by atoms with van der Waals surface area (Å²) in [5, 5.41) is 7.88. The van der Waals surface area contributed by atoms with E-state index < -0.39 is 0 Å². The third kappa shape index (κ3) is 3.03. The van der Waals surface area contributed by atoms with Gasteiger partial charge in [-0.25, -0.2) is 4.68 Å². The summed E-state index contributed by atoms with van der Waals surface area (Å²) in [6.45, 7) is 0.299. The third-order valence-electron chi connectivity index (χ3n) is 3.53. The average Bonchev–Trinajstić information content (AvgIpc) is 2.57. The van der Waals surface area contributed by atoms with Crippen LogP contribution in [0.3, 0.4) is 0 Å². The van der Waals surface area contributed by atoms with E-state index in [1.165, 1.54) is 4.68 Å². The van der Waals surface area contributed by atoms with E-state index in [0.717, 1.165) is 10.0 Å². The Balaban J connectivity index is 2.19. The smallest absolute Gasteiger partial charge is 0.274 e. The zero-order chi connectivity index (χ0) is 16.4. The van der Waals surface area contributed by atoms with Gasteiger partial charge in [-0.3, -0.25) is 9.59 Å². The van der Waals surface area contributed by atoms with Crippen molar-refractivity contribution in [1.29, 1.82) is 0 Å². The summed E-state index contributed by atoms with van der Waals surface area (Å²) in [4.78, 5) is 24.7. The number of benzene rings is 2. The predicted molar refractivity (Wildman–Crippen MR) is 92.6 cm³/mol. The summed E-state index contributed by atoms with van der Waals surface area (Å²) in [5.74, 6) is -0.316. The number of carbonyl (C=O) groups is 1. The number of halogens is 1. The normalized spacial score (nSPS) is 10.7. The van der Waals surface area contributed by atoms with Gasteiger partial charge in [0.05, 0.1) is 11.9 Å². The second-order valence-electron chi connectivity index (χ2n) is 5.07. The molecule has 0 radical (unpaired) electrons. The van der Waals surface area contributed by atoms with Gasteiger partial charge in [-0.2, -0.15) is 5.10 Å². The number of nitrogens with one attached hydrogen (secondary N) is 1. The first kappa shape index (κ1) is 15.4. The van der Waals surface area contributed by atoms with Crippen molar-refractivity contribution < 1.29 is 4.79 Å². The Bertz CT molecular complexity index is 950. The molecule has 0 aliphatic rings. The van der Waals surface area contributed by atoms with Crippen molar-refractivity contribution in [2.24, 2.45) is 0 Å². The monoisotopic (exact) mass is 371 g/mol. The Morgan fingerprint density at radius 3 is 2.61 bits per heavy atom. The van der Waals surface area contributed by atoms with Gasteiger partial charge in [0, 0.05) is 16.9 Å². The Labute approximate surface area is 141 Å². The highest BCUT2D eigenvalue weighted by Crippen LogP contribution is 2.15. The van der Waals surface area contributed by atoms with Crippen LogP contribution in [0.15, 0.2) is 57.8 Å². The van der Waals surface area contributed by atoms with Gasteiger partial charge in [0.15, 0.2) is 5.69 Å². The van der Waals surface area contributed by atoms with E-state index in [4.69, 9.17) is 0 Å². The predicted octanol–water partition coefficient (Wildman–Crippen LogP) is 2.57. The van der Waals surface area contributed by atoms with Crippen molar-refractivity contribution in [1.82, 2.24) is 15.1 Å². The van der Waals surface area contributed by atoms with Crippen LogP contribution in [0, 0.1) is 0 Å². The summed E-state index contributed by atoms with van der Waals surface area (Å²) < 4.78 is 2.25. The van der Waals surface area contributed by atoms with Crippen LogP contribution in [-0.4, -0.2) is 22.7 Å². The van der Waals surface area contributed by atoms with Gasteiger partial charge in [-0.05, 0) is 23.8 Å². The lowest BCUT2D eigenvalue weighted by Gasteiger charge is -2.10. The highest BCUT2D eigenvalue weighted by Gasteiger charge is 2.15. The Kier molecular flexibility index (Phi) is 4.25. The molecule has 5 nitrogen and oxygen atoms in total.